The molecule has 6 atom stereocenters. The molecule has 4 N–H and O–H groups in total. The first-order valence-corrected chi connectivity index (χ1v) is 15.1. The Bertz CT molecular complexity index is 885. The Kier molecular flexibility index (Phi) is 8.54. The van der Waals surface area contributed by atoms with Crippen molar-refractivity contribution < 1.29 is 13.2 Å². The van der Waals surface area contributed by atoms with Crippen LogP contribution in [-0.4, -0.2) is 78.6 Å². The fourth-order valence-electron chi connectivity index (χ4n) is 6.97. The molecule has 0 amide bonds. The molecule has 0 aromatic rings. The molecule has 3 heterocycles. The van der Waals surface area contributed by atoms with E-state index in [1.807, 2.05) is 0 Å². The van der Waals surface area contributed by atoms with E-state index in [4.69, 9.17) is 5.73 Å². The molecule has 0 aromatic carbocycles. The molecule has 0 bridgehead atoms. The summed E-state index contributed by atoms with van der Waals surface area (Å²) in [4.78, 5) is 5.84. The van der Waals surface area contributed by atoms with Crippen LogP contribution < -0.4 is 16.4 Å². The summed E-state index contributed by atoms with van der Waals surface area (Å²) in [6.45, 7) is 10.4. The number of nitrogens with one attached hydrogen (secondary N) is 2. The van der Waals surface area contributed by atoms with E-state index in [1.54, 1.807) is 17.8 Å². The third kappa shape index (κ3) is 6.53. The molecule has 2 saturated heterocycles. The van der Waals surface area contributed by atoms with Crippen LogP contribution in [0.2, 0.25) is 0 Å². The largest absolute Gasteiger partial charge is 0.395 e. The van der Waals surface area contributed by atoms with Gasteiger partial charge in [0.15, 0.2) is 0 Å². The first kappa shape index (κ1) is 27.4. The molecule has 37 heavy (non-hydrogen) atoms. The number of fused-ring (bicyclic) bond motifs is 1. The number of halogens is 3. The van der Waals surface area contributed by atoms with E-state index >= 15 is 0 Å². The maximum absolute atomic E-state index is 13.9. The maximum Gasteiger partial charge on any atom is 0.395 e. The van der Waals surface area contributed by atoms with Gasteiger partial charge in [0.05, 0.1) is 12.0 Å². The molecule has 0 saturated carbocycles. The summed E-state index contributed by atoms with van der Waals surface area (Å²) in [6, 6.07) is 0.344. The predicted molar refractivity (Wildman–Crippen MR) is 146 cm³/mol. The molecule has 5 aliphatic rings. The Hall–Kier alpha value is -1.16. The average molecular weight is 540 g/mol. The lowest BCUT2D eigenvalue weighted by Gasteiger charge is -2.45. The van der Waals surface area contributed by atoms with Crippen molar-refractivity contribution in [2.24, 2.45) is 23.5 Å². The molecule has 0 radical (unpaired) electrons. The van der Waals surface area contributed by atoms with Gasteiger partial charge in [0.25, 0.3) is 0 Å². The monoisotopic (exact) mass is 539 g/mol. The van der Waals surface area contributed by atoms with Crippen LogP contribution in [0.5, 0.6) is 0 Å². The van der Waals surface area contributed by atoms with Crippen LogP contribution in [0.15, 0.2) is 34.5 Å². The maximum atomic E-state index is 13.9. The number of rotatable bonds is 5. The van der Waals surface area contributed by atoms with E-state index in [0.717, 1.165) is 69.0 Å². The molecule has 0 spiro atoms. The molecule has 6 unspecified atom stereocenters. The van der Waals surface area contributed by atoms with Gasteiger partial charge in [-0.1, -0.05) is 32.1 Å². The third-order valence-electron chi connectivity index (χ3n) is 8.79. The molecule has 2 fully saturated rings. The van der Waals surface area contributed by atoms with E-state index < -0.39 is 12.1 Å². The zero-order valence-electron chi connectivity index (χ0n) is 22.3. The molecule has 208 valence electrons. The number of hydrogen-bond acceptors (Lipinski definition) is 6. The normalized spacial score (nSPS) is 35.9. The summed E-state index contributed by atoms with van der Waals surface area (Å²) in [6.07, 6.45) is 6.51. The van der Waals surface area contributed by atoms with Crippen molar-refractivity contribution in [3.63, 3.8) is 0 Å². The second-order valence-corrected chi connectivity index (χ2v) is 13.4. The fourth-order valence-corrected chi connectivity index (χ4v) is 8.44. The van der Waals surface area contributed by atoms with Crippen molar-refractivity contribution in [3.05, 3.63) is 34.5 Å². The lowest BCUT2D eigenvalue weighted by molar-refractivity contribution is -0.160. The Morgan fingerprint density at radius 1 is 1.11 bits per heavy atom. The second-order valence-electron chi connectivity index (χ2n) is 12.0. The fraction of sp³-hybridized carbons (Fsp3) is 0.786. The number of likely N-dealkylation sites (tertiary alicyclic amines) is 2. The predicted octanol–water partition coefficient (Wildman–Crippen LogP) is 4.45. The van der Waals surface area contributed by atoms with E-state index in [-0.39, 0.29) is 23.8 Å². The average Bonchev–Trinajstić information content (AvgIpc) is 3.02. The summed E-state index contributed by atoms with van der Waals surface area (Å²) in [5, 5.41) is 7.84. The first-order chi connectivity index (χ1) is 17.7. The Labute approximate surface area is 224 Å². The Morgan fingerprint density at radius 3 is 2.51 bits per heavy atom. The van der Waals surface area contributed by atoms with Crippen molar-refractivity contribution in [2.45, 2.75) is 81.9 Å². The number of nitrogens with two attached hydrogens (primary N) is 1. The van der Waals surface area contributed by atoms with E-state index in [1.165, 1.54) is 18.2 Å². The van der Waals surface area contributed by atoms with Crippen LogP contribution >= 0.6 is 11.8 Å². The van der Waals surface area contributed by atoms with Gasteiger partial charge in [-0.05, 0) is 57.0 Å². The summed E-state index contributed by atoms with van der Waals surface area (Å²) >= 11 is 1.71. The van der Waals surface area contributed by atoms with Crippen LogP contribution in [-0.2, 0) is 0 Å². The first-order valence-electron chi connectivity index (χ1n) is 14.2. The molecular weight excluding hydrogens is 495 g/mol. The Morgan fingerprint density at radius 2 is 1.84 bits per heavy atom. The van der Waals surface area contributed by atoms with Crippen LogP contribution in [0.25, 0.3) is 0 Å². The molecular formula is C28H44F3N5S. The van der Waals surface area contributed by atoms with Crippen molar-refractivity contribution in [2.75, 3.05) is 39.3 Å². The molecule has 9 heteroatoms. The highest BCUT2D eigenvalue weighted by Gasteiger charge is 2.44. The van der Waals surface area contributed by atoms with Crippen molar-refractivity contribution in [1.82, 2.24) is 20.4 Å². The molecule has 0 aromatic heterocycles. The van der Waals surface area contributed by atoms with Gasteiger partial charge in [-0.2, -0.15) is 13.2 Å². The van der Waals surface area contributed by atoms with Crippen LogP contribution in [0.3, 0.4) is 0 Å². The third-order valence-corrected chi connectivity index (χ3v) is 10.3. The minimum atomic E-state index is -4.23. The smallest absolute Gasteiger partial charge is 0.382 e. The molecule has 3 aliphatic heterocycles. The lowest BCUT2D eigenvalue weighted by atomic mass is 9.89. The summed E-state index contributed by atoms with van der Waals surface area (Å²) < 4.78 is 41.6. The summed E-state index contributed by atoms with van der Waals surface area (Å²) in [5.74, 6) is -0.0318. The Balaban J connectivity index is 1.31. The van der Waals surface area contributed by atoms with Gasteiger partial charge in [-0.15, -0.1) is 11.8 Å². The minimum Gasteiger partial charge on any atom is -0.382 e. The number of piperidine rings is 2. The van der Waals surface area contributed by atoms with Crippen LogP contribution in [0, 0.1) is 17.8 Å². The van der Waals surface area contributed by atoms with Crippen molar-refractivity contribution >= 4 is 11.8 Å². The van der Waals surface area contributed by atoms with Gasteiger partial charge >= 0.3 is 6.18 Å². The van der Waals surface area contributed by atoms with E-state index in [9.17, 15) is 13.2 Å². The lowest BCUT2D eigenvalue weighted by Crippen LogP contribution is -2.52. The summed E-state index contributed by atoms with van der Waals surface area (Å²) in [5.41, 5.74) is 8.13. The topological polar surface area (TPSA) is 56.6 Å². The number of hydrogen-bond donors (Lipinski definition) is 3. The number of nitrogens with zero attached hydrogens (tertiary/aromatic N) is 2. The zero-order chi connectivity index (χ0) is 26.2. The van der Waals surface area contributed by atoms with Crippen LogP contribution in [0.1, 0.15) is 52.4 Å². The van der Waals surface area contributed by atoms with Gasteiger partial charge in [0.1, 0.15) is 0 Å². The molecule has 2 aliphatic carbocycles. The minimum absolute atomic E-state index is 0.0427. The van der Waals surface area contributed by atoms with Crippen LogP contribution in [0.4, 0.5) is 13.2 Å². The highest BCUT2D eigenvalue weighted by molar-refractivity contribution is 8.03. The van der Waals surface area contributed by atoms with E-state index in [2.05, 4.69) is 40.4 Å². The second kappa shape index (κ2) is 11.5. The number of thioether (sulfide) groups is 1. The number of allylic oxidation sites excluding steroid dienone is 3. The van der Waals surface area contributed by atoms with Gasteiger partial charge in [0, 0.05) is 66.2 Å². The van der Waals surface area contributed by atoms with Crippen molar-refractivity contribution in [1.29, 1.82) is 0 Å². The SMILES string of the molecule is CC1CC(C)CN(C2=CCC3SC4=C(NC3C2)C(NC2CCN(CCN)CC2)C=CC(C(F)(F)F)C4)C1. The molecule has 5 nitrogen and oxygen atoms in total. The quantitative estimate of drug-likeness (QED) is 0.449. The standard InChI is InChI=1S/C28H44F3N5S/c1-18-13-19(2)17-36(16-18)22-4-6-25-24(15-22)34-27-23(33-21-7-10-35(11-8-21)12-9-32)5-3-20(28(29,30)31)14-26(27)37-25/h3-5,18-21,23-25,33-34H,6-17,32H2,1-2H3. The van der Waals surface area contributed by atoms with Gasteiger partial charge in [-0.25, -0.2) is 0 Å². The van der Waals surface area contributed by atoms with Crippen molar-refractivity contribution in [3.8, 4) is 0 Å². The van der Waals surface area contributed by atoms with Gasteiger partial charge < -0.3 is 26.2 Å². The molecule has 5 rings (SSSR count). The summed E-state index contributed by atoms with van der Waals surface area (Å²) in [7, 11) is 0. The van der Waals surface area contributed by atoms with E-state index in [0.29, 0.717) is 24.4 Å². The van der Waals surface area contributed by atoms with Gasteiger partial charge in [-0.3, -0.25) is 0 Å². The highest BCUT2D eigenvalue weighted by atomic mass is 32.2. The number of alkyl halides is 3. The zero-order valence-corrected chi connectivity index (χ0v) is 23.1. The van der Waals surface area contributed by atoms with Gasteiger partial charge in [0.2, 0.25) is 0 Å². The highest BCUT2D eigenvalue weighted by Crippen LogP contribution is 2.46.